The number of benzene rings is 2. The molecule has 0 fully saturated rings. The molecule has 8 nitrogen and oxygen atoms in total. The normalized spacial score (nSPS) is 11.0. The first kappa shape index (κ1) is 22.6. The molecule has 2 amide bonds. The maximum Gasteiger partial charge on any atom is 0.253 e. The van der Waals surface area contributed by atoms with Crippen molar-refractivity contribution in [1.29, 1.82) is 0 Å². The van der Waals surface area contributed by atoms with Gasteiger partial charge in [-0.25, -0.2) is 8.42 Å². The van der Waals surface area contributed by atoms with Crippen LogP contribution in [0.2, 0.25) is 0 Å². The second-order valence-electron chi connectivity index (χ2n) is 6.61. The molecule has 0 radical (unpaired) electrons. The highest BCUT2D eigenvalue weighted by molar-refractivity contribution is 9.10. The van der Waals surface area contributed by atoms with Gasteiger partial charge in [-0.3, -0.25) is 13.9 Å². The first-order valence-electron chi connectivity index (χ1n) is 9.17. The van der Waals surface area contributed by atoms with Crippen molar-refractivity contribution < 1.29 is 22.4 Å². The molecule has 0 spiro atoms. The molecule has 0 unspecified atom stereocenters. The largest absolute Gasteiger partial charge is 0.467 e. The van der Waals surface area contributed by atoms with Gasteiger partial charge in [0.1, 0.15) is 12.3 Å². The molecule has 0 saturated heterocycles. The van der Waals surface area contributed by atoms with E-state index in [1.165, 1.54) is 6.26 Å². The van der Waals surface area contributed by atoms with Gasteiger partial charge in [0.25, 0.3) is 5.91 Å². The molecule has 31 heavy (non-hydrogen) atoms. The van der Waals surface area contributed by atoms with Crippen molar-refractivity contribution in [2.75, 3.05) is 22.4 Å². The van der Waals surface area contributed by atoms with E-state index in [2.05, 4.69) is 26.6 Å². The van der Waals surface area contributed by atoms with Crippen molar-refractivity contribution in [2.45, 2.75) is 6.54 Å². The van der Waals surface area contributed by atoms with Crippen LogP contribution in [0, 0.1) is 0 Å². The fourth-order valence-corrected chi connectivity index (χ4v) is 4.05. The van der Waals surface area contributed by atoms with Crippen LogP contribution >= 0.6 is 15.9 Å². The summed E-state index contributed by atoms with van der Waals surface area (Å²) in [6.45, 7) is -0.253. The van der Waals surface area contributed by atoms with Gasteiger partial charge >= 0.3 is 0 Å². The van der Waals surface area contributed by atoms with E-state index in [9.17, 15) is 18.0 Å². The highest BCUT2D eigenvalue weighted by atomic mass is 79.9. The van der Waals surface area contributed by atoms with E-state index < -0.39 is 28.4 Å². The molecular weight excluding hydrogens is 486 g/mol. The monoisotopic (exact) mass is 505 g/mol. The fourth-order valence-electron chi connectivity index (χ4n) is 2.82. The number of hydrogen-bond donors (Lipinski definition) is 2. The average Bonchev–Trinajstić information content (AvgIpc) is 3.23. The number of nitrogens with one attached hydrogen (secondary N) is 2. The molecule has 10 heteroatoms. The maximum absolute atomic E-state index is 12.7. The SMILES string of the molecule is CS(=O)(=O)N(CC(=O)Nc1ccccc1C(=O)NCc1ccco1)c1cccc(Br)c1. The summed E-state index contributed by atoms with van der Waals surface area (Å²) in [5.74, 6) is -0.399. The van der Waals surface area contributed by atoms with Crippen LogP contribution in [-0.4, -0.2) is 33.0 Å². The van der Waals surface area contributed by atoms with Gasteiger partial charge in [-0.05, 0) is 42.5 Å². The molecule has 2 N–H and O–H groups in total. The highest BCUT2D eigenvalue weighted by Gasteiger charge is 2.22. The zero-order valence-electron chi connectivity index (χ0n) is 16.5. The second-order valence-corrected chi connectivity index (χ2v) is 9.43. The van der Waals surface area contributed by atoms with Crippen molar-refractivity contribution >= 4 is 49.1 Å². The van der Waals surface area contributed by atoms with Gasteiger partial charge in [-0.2, -0.15) is 0 Å². The highest BCUT2D eigenvalue weighted by Crippen LogP contribution is 2.22. The van der Waals surface area contributed by atoms with Crippen molar-refractivity contribution in [2.24, 2.45) is 0 Å². The lowest BCUT2D eigenvalue weighted by atomic mass is 10.1. The van der Waals surface area contributed by atoms with E-state index in [1.807, 2.05) is 0 Å². The van der Waals surface area contributed by atoms with Crippen molar-refractivity contribution in [1.82, 2.24) is 5.32 Å². The first-order chi connectivity index (χ1) is 14.7. The molecule has 1 heterocycles. The number of carbonyl (C=O) groups excluding carboxylic acids is 2. The van der Waals surface area contributed by atoms with Crippen LogP contribution in [0.4, 0.5) is 11.4 Å². The number of halogens is 1. The van der Waals surface area contributed by atoms with E-state index in [0.29, 0.717) is 15.9 Å². The quantitative estimate of drug-likeness (QED) is 0.487. The Morgan fingerprint density at radius 1 is 1.06 bits per heavy atom. The van der Waals surface area contributed by atoms with Gasteiger partial charge in [0.2, 0.25) is 15.9 Å². The second kappa shape index (κ2) is 9.80. The Labute approximate surface area is 188 Å². The van der Waals surface area contributed by atoms with E-state index in [0.717, 1.165) is 10.6 Å². The summed E-state index contributed by atoms with van der Waals surface area (Å²) in [5, 5.41) is 5.35. The molecule has 2 aromatic carbocycles. The number of hydrogen-bond acceptors (Lipinski definition) is 5. The predicted octanol–water partition coefficient (Wildman–Crippen LogP) is 3.38. The molecule has 3 rings (SSSR count). The van der Waals surface area contributed by atoms with Gasteiger partial charge in [0, 0.05) is 4.47 Å². The minimum absolute atomic E-state index is 0.193. The smallest absolute Gasteiger partial charge is 0.253 e. The van der Waals surface area contributed by atoms with Crippen LogP contribution in [0.25, 0.3) is 0 Å². The number of amides is 2. The van der Waals surface area contributed by atoms with Gasteiger partial charge in [-0.1, -0.05) is 34.1 Å². The molecule has 3 aromatic rings. The topological polar surface area (TPSA) is 109 Å². The van der Waals surface area contributed by atoms with Crippen LogP contribution in [0.3, 0.4) is 0 Å². The molecular formula is C21H20BrN3O5S. The van der Waals surface area contributed by atoms with Crippen molar-refractivity contribution in [3.63, 3.8) is 0 Å². The standard InChI is InChI=1S/C21H20BrN3O5S/c1-31(28,29)25(16-7-4-6-15(22)12-16)14-20(26)24-19-10-3-2-9-18(19)21(27)23-13-17-8-5-11-30-17/h2-12H,13-14H2,1H3,(H,23,27)(H,24,26). The maximum atomic E-state index is 12.7. The summed E-state index contributed by atoms with van der Waals surface area (Å²) < 4.78 is 31.4. The van der Waals surface area contributed by atoms with Gasteiger partial charge in [-0.15, -0.1) is 0 Å². The molecule has 0 aliphatic heterocycles. The molecule has 0 aliphatic rings. The molecule has 0 atom stereocenters. The lowest BCUT2D eigenvalue weighted by molar-refractivity contribution is -0.114. The van der Waals surface area contributed by atoms with E-state index >= 15 is 0 Å². The van der Waals surface area contributed by atoms with E-state index in [1.54, 1.807) is 60.7 Å². The summed E-state index contributed by atoms with van der Waals surface area (Å²) >= 11 is 3.30. The Hall–Kier alpha value is -3.11. The van der Waals surface area contributed by atoms with Gasteiger partial charge in [0.15, 0.2) is 0 Å². The number of carbonyl (C=O) groups is 2. The lowest BCUT2D eigenvalue weighted by Gasteiger charge is -2.22. The summed E-state index contributed by atoms with van der Waals surface area (Å²) in [7, 11) is -3.72. The number of nitrogens with zero attached hydrogens (tertiary/aromatic N) is 1. The Balaban J connectivity index is 1.74. The van der Waals surface area contributed by atoms with Crippen LogP contribution in [-0.2, 0) is 21.4 Å². The van der Waals surface area contributed by atoms with Crippen LogP contribution in [0.15, 0.2) is 75.8 Å². The minimum atomic E-state index is -3.72. The molecule has 1 aromatic heterocycles. The number of anilines is 2. The summed E-state index contributed by atoms with van der Waals surface area (Å²) in [6.07, 6.45) is 2.53. The van der Waals surface area contributed by atoms with Gasteiger partial charge < -0.3 is 15.1 Å². The van der Waals surface area contributed by atoms with Crippen molar-refractivity contribution in [3.8, 4) is 0 Å². The molecule has 0 saturated carbocycles. The van der Waals surface area contributed by atoms with Crippen LogP contribution in [0.5, 0.6) is 0 Å². The Kier molecular flexibility index (Phi) is 7.13. The number of furan rings is 1. The van der Waals surface area contributed by atoms with Gasteiger partial charge in [0.05, 0.1) is 36.0 Å². The third-order valence-corrected chi connectivity index (χ3v) is 5.87. The van der Waals surface area contributed by atoms with E-state index in [4.69, 9.17) is 4.42 Å². The number of sulfonamides is 1. The Bertz CT molecular complexity index is 1180. The molecule has 0 bridgehead atoms. The average molecular weight is 506 g/mol. The zero-order valence-corrected chi connectivity index (χ0v) is 18.9. The zero-order chi connectivity index (χ0) is 22.4. The minimum Gasteiger partial charge on any atom is -0.467 e. The summed E-state index contributed by atoms with van der Waals surface area (Å²) in [6, 6.07) is 16.5. The van der Waals surface area contributed by atoms with Crippen LogP contribution in [0.1, 0.15) is 16.1 Å². The lowest BCUT2D eigenvalue weighted by Crippen LogP contribution is -2.37. The predicted molar refractivity (Wildman–Crippen MR) is 121 cm³/mol. The fraction of sp³-hybridized carbons (Fsp3) is 0.143. The van der Waals surface area contributed by atoms with Crippen molar-refractivity contribution in [3.05, 3.63) is 82.7 Å². The first-order valence-corrected chi connectivity index (χ1v) is 11.8. The summed E-state index contributed by atoms with van der Waals surface area (Å²) in [4.78, 5) is 25.2. The van der Waals surface area contributed by atoms with E-state index in [-0.39, 0.29) is 17.8 Å². The third kappa shape index (κ3) is 6.19. The molecule has 0 aliphatic carbocycles. The Morgan fingerprint density at radius 2 is 1.84 bits per heavy atom. The number of rotatable bonds is 8. The molecule has 162 valence electrons. The Morgan fingerprint density at radius 3 is 2.52 bits per heavy atom. The third-order valence-electron chi connectivity index (χ3n) is 4.23. The van der Waals surface area contributed by atoms with Crippen LogP contribution < -0.4 is 14.9 Å². The summed E-state index contributed by atoms with van der Waals surface area (Å²) in [5.41, 5.74) is 0.861. The number of para-hydroxylation sites is 1.